The summed E-state index contributed by atoms with van der Waals surface area (Å²) in [6.07, 6.45) is 6.42. The van der Waals surface area contributed by atoms with Gasteiger partial charge in [0.05, 0.1) is 12.3 Å². The lowest BCUT2D eigenvalue weighted by Crippen LogP contribution is -2.57. The number of carbonyl (C=O) groups excluding carboxylic acids is 2. The first-order valence-corrected chi connectivity index (χ1v) is 13.2. The van der Waals surface area contributed by atoms with E-state index in [0.717, 1.165) is 31.2 Å². The average Bonchev–Trinajstić information content (AvgIpc) is 3.41. The van der Waals surface area contributed by atoms with Crippen molar-refractivity contribution in [2.75, 3.05) is 6.54 Å². The predicted octanol–water partition coefficient (Wildman–Crippen LogP) is 4.39. The third kappa shape index (κ3) is 5.85. The highest BCUT2D eigenvalue weighted by atomic mass is 35.5. The number of nitrogens with zero attached hydrogens (tertiary/aromatic N) is 2. The number of carbonyl (C=O) groups is 3. The molecule has 1 saturated heterocycles. The second kappa shape index (κ2) is 10.4. The molecule has 1 aromatic rings. The zero-order chi connectivity index (χ0) is 26.1. The van der Waals surface area contributed by atoms with Gasteiger partial charge in [-0.3, -0.25) is 9.59 Å². The number of likely N-dealkylation sites (tertiary alicyclic amines) is 1. The minimum absolute atomic E-state index is 0.0848. The summed E-state index contributed by atoms with van der Waals surface area (Å²) >= 11 is 6.12. The van der Waals surface area contributed by atoms with Crippen molar-refractivity contribution < 1.29 is 24.3 Å². The van der Waals surface area contributed by atoms with E-state index in [4.69, 9.17) is 16.4 Å². The number of benzene rings is 1. The van der Waals surface area contributed by atoms with Gasteiger partial charge in [0.2, 0.25) is 11.8 Å². The van der Waals surface area contributed by atoms with Gasteiger partial charge in [0.1, 0.15) is 12.1 Å². The molecule has 2 fully saturated rings. The van der Waals surface area contributed by atoms with Gasteiger partial charge in [0.25, 0.3) is 0 Å². The molecular formula is C27H36ClN3O5. The van der Waals surface area contributed by atoms with E-state index in [1.54, 1.807) is 12.1 Å². The Bertz CT molecular complexity index is 1050. The molecule has 1 saturated carbocycles. The third-order valence-electron chi connectivity index (χ3n) is 7.58. The monoisotopic (exact) mass is 517 g/mol. The molecule has 3 aliphatic rings. The van der Waals surface area contributed by atoms with Crippen LogP contribution in [0.3, 0.4) is 0 Å². The lowest BCUT2D eigenvalue weighted by Gasteiger charge is -2.35. The first-order valence-electron chi connectivity index (χ1n) is 12.8. The van der Waals surface area contributed by atoms with E-state index in [-0.39, 0.29) is 18.9 Å². The summed E-state index contributed by atoms with van der Waals surface area (Å²) in [5, 5.41) is 17.7. The van der Waals surface area contributed by atoms with Crippen LogP contribution >= 0.6 is 11.6 Å². The molecule has 8 nitrogen and oxygen atoms in total. The largest absolute Gasteiger partial charge is 0.480 e. The molecule has 36 heavy (non-hydrogen) atoms. The number of amides is 2. The van der Waals surface area contributed by atoms with Gasteiger partial charge < -0.3 is 20.2 Å². The van der Waals surface area contributed by atoms with Crippen LogP contribution in [0, 0.1) is 11.3 Å². The maximum atomic E-state index is 13.8. The van der Waals surface area contributed by atoms with Crippen LogP contribution in [0.2, 0.25) is 5.02 Å². The third-order valence-corrected chi connectivity index (χ3v) is 7.82. The van der Waals surface area contributed by atoms with E-state index in [1.165, 1.54) is 11.3 Å². The normalized spacial score (nSPS) is 25.4. The van der Waals surface area contributed by atoms with Gasteiger partial charge in [-0.1, -0.05) is 68.9 Å². The molecule has 0 unspecified atom stereocenters. The Morgan fingerprint density at radius 2 is 1.97 bits per heavy atom. The minimum atomic E-state index is -1.10. The number of rotatable bonds is 6. The molecule has 0 radical (unpaired) electrons. The Morgan fingerprint density at radius 3 is 2.61 bits per heavy atom. The number of aliphatic carboxylic acids is 1. The first-order chi connectivity index (χ1) is 17.0. The number of nitrogens with one attached hydrogen (secondary N) is 1. The van der Waals surface area contributed by atoms with Gasteiger partial charge in [-0.25, -0.2) is 4.79 Å². The van der Waals surface area contributed by atoms with Crippen LogP contribution in [0.4, 0.5) is 0 Å². The zero-order valence-corrected chi connectivity index (χ0v) is 22.0. The van der Waals surface area contributed by atoms with E-state index in [2.05, 4.69) is 10.5 Å². The van der Waals surface area contributed by atoms with Crippen LogP contribution in [0.25, 0.3) is 0 Å². The molecule has 1 aromatic carbocycles. The summed E-state index contributed by atoms with van der Waals surface area (Å²) in [6.45, 7) is 5.72. The maximum absolute atomic E-state index is 13.8. The second-order valence-corrected chi connectivity index (χ2v) is 12.0. The number of carboxylic acid groups (broad SMARTS) is 1. The molecule has 0 bridgehead atoms. The highest BCUT2D eigenvalue weighted by Gasteiger charge is 2.55. The van der Waals surface area contributed by atoms with Crippen LogP contribution in [-0.2, 0) is 19.2 Å². The van der Waals surface area contributed by atoms with Crippen LogP contribution < -0.4 is 5.32 Å². The smallest absolute Gasteiger partial charge is 0.326 e. The Labute approximate surface area is 217 Å². The summed E-state index contributed by atoms with van der Waals surface area (Å²) in [5.41, 5.74) is -0.0511. The SMILES string of the molecule is CC(C)(C)[C@H](NC(=O)CC1CCCCC1)C(=O)N1C[C@@]2(CC(c3cccc(Cl)c3)=NO2)C[C@H]1C(=O)O. The van der Waals surface area contributed by atoms with Crippen molar-refractivity contribution in [1.82, 2.24) is 10.2 Å². The minimum Gasteiger partial charge on any atom is -0.480 e. The Hall–Kier alpha value is -2.61. The van der Waals surface area contributed by atoms with Crippen molar-refractivity contribution in [3.8, 4) is 0 Å². The highest BCUT2D eigenvalue weighted by Crippen LogP contribution is 2.40. The van der Waals surface area contributed by atoms with E-state index in [9.17, 15) is 19.5 Å². The number of hydrogen-bond donors (Lipinski definition) is 2. The Kier molecular flexibility index (Phi) is 7.64. The summed E-state index contributed by atoms with van der Waals surface area (Å²) in [7, 11) is 0. The van der Waals surface area contributed by atoms with Gasteiger partial charge in [-0.05, 0) is 36.3 Å². The van der Waals surface area contributed by atoms with Gasteiger partial charge in [-0.2, -0.15) is 0 Å². The summed E-state index contributed by atoms with van der Waals surface area (Å²) < 4.78 is 0. The standard InChI is InChI=1S/C27H36ClN3O5/c1-26(2,3)23(29-22(32)12-17-8-5-4-6-9-17)24(33)31-16-27(15-21(31)25(34)35)14-20(30-36-27)18-10-7-11-19(28)13-18/h7,10-11,13,17,21,23H,4-6,8-9,12,14-16H2,1-3H3,(H,29,32)(H,34,35)/t21-,23+,27+/m0/s1. The van der Waals surface area contributed by atoms with Crippen molar-refractivity contribution in [3.63, 3.8) is 0 Å². The fraction of sp³-hybridized carbons (Fsp3) is 0.630. The van der Waals surface area contributed by atoms with Crippen molar-refractivity contribution >= 4 is 35.1 Å². The van der Waals surface area contributed by atoms with Crippen LogP contribution in [0.15, 0.2) is 29.4 Å². The summed E-state index contributed by atoms with van der Waals surface area (Å²) in [5.74, 6) is -1.31. The number of hydrogen-bond acceptors (Lipinski definition) is 5. The lowest BCUT2D eigenvalue weighted by molar-refractivity contribution is -0.150. The van der Waals surface area contributed by atoms with Crippen molar-refractivity contribution in [2.24, 2.45) is 16.5 Å². The molecule has 9 heteroatoms. The topological polar surface area (TPSA) is 108 Å². The lowest BCUT2D eigenvalue weighted by atomic mass is 9.84. The highest BCUT2D eigenvalue weighted by molar-refractivity contribution is 6.31. The molecular weight excluding hydrogens is 482 g/mol. The number of oxime groups is 1. The average molecular weight is 518 g/mol. The van der Waals surface area contributed by atoms with E-state index in [1.807, 2.05) is 32.9 Å². The summed E-state index contributed by atoms with van der Waals surface area (Å²) in [6, 6.07) is 5.33. The van der Waals surface area contributed by atoms with E-state index in [0.29, 0.717) is 29.5 Å². The van der Waals surface area contributed by atoms with Crippen molar-refractivity contribution in [2.45, 2.75) is 89.8 Å². The molecule has 2 aliphatic heterocycles. The van der Waals surface area contributed by atoms with Crippen molar-refractivity contribution in [1.29, 1.82) is 0 Å². The van der Waals surface area contributed by atoms with Crippen LogP contribution in [-0.4, -0.2) is 57.7 Å². The molecule has 2 heterocycles. The zero-order valence-electron chi connectivity index (χ0n) is 21.3. The fourth-order valence-corrected chi connectivity index (χ4v) is 5.82. The molecule has 2 N–H and O–H groups in total. The van der Waals surface area contributed by atoms with Gasteiger partial charge in [0, 0.05) is 29.8 Å². The number of carboxylic acids is 1. The van der Waals surface area contributed by atoms with Crippen LogP contribution in [0.5, 0.6) is 0 Å². The molecule has 2 amide bonds. The molecule has 1 spiro atoms. The van der Waals surface area contributed by atoms with Crippen LogP contribution in [0.1, 0.15) is 77.7 Å². The fourth-order valence-electron chi connectivity index (χ4n) is 5.63. The van der Waals surface area contributed by atoms with Gasteiger partial charge in [-0.15, -0.1) is 0 Å². The van der Waals surface area contributed by atoms with Gasteiger partial charge >= 0.3 is 5.97 Å². The Morgan fingerprint density at radius 1 is 1.25 bits per heavy atom. The molecule has 196 valence electrons. The predicted molar refractivity (Wildman–Crippen MR) is 137 cm³/mol. The quantitative estimate of drug-likeness (QED) is 0.581. The molecule has 0 aromatic heterocycles. The molecule has 3 atom stereocenters. The first kappa shape index (κ1) is 26.5. The molecule has 1 aliphatic carbocycles. The number of halogens is 1. The second-order valence-electron chi connectivity index (χ2n) is 11.6. The van der Waals surface area contributed by atoms with Crippen molar-refractivity contribution in [3.05, 3.63) is 34.9 Å². The Balaban J connectivity index is 1.49. The maximum Gasteiger partial charge on any atom is 0.326 e. The summed E-state index contributed by atoms with van der Waals surface area (Å²) in [4.78, 5) is 46.1. The van der Waals surface area contributed by atoms with E-state index >= 15 is 0 Å². The van der Waals surface area contributed by atoms with E-state index < -0.39 is 35.0 Å². The molecule has 4 rings (SSSR count). The van der Waals surface area contributed by atoms with Gasteiger partial charge in [0.15, 0.2) is 5.60 Å².